The van der Waals surface area contributed by atoms with Gasteiger partial charge in [-0.25, -0.2) is 0 Å². The minimum Gasteiger partial charge on any atom is -0.356 e. The quantitative estimate of drug-likeness (QED) is 0.0747. The number of aromatic nitrogens is 6. The van der Waals surface area contributed by atoms with Gasteiger partial charge < -0.3 is 16.4 Å². The molecule has 0 aliphatic heterocycles. The van der Waals surface area contributed by atoms with Gasteiger partial charge in [0.2, 0.25) is 11.8 Å². The summed E-state index contributed by atoms with van der Waals surface area (Å²) in [6.07, 6.45) is 15.6. The number of amides is 2. The molecule has 6 heterocycles. The first-order valence-corrected chi connectivity index (χ1v) is 18.3. The first kappa shape index (κ1) is 43.8. The molecule has 0 fully saturated rings. The molecule has 6 aromatic rings. The van der Waals surface area contributed by atoms with Crippen LogP contribution in [0.25, 0.3) is 34.2 Å². The average molecular weight is 825 g/mol. The Kier molecular flexibility index (Phi) is 20.9. The van der Waals surface area contributed by atoms with Crippen molar-refractivity contribution in [3.05, 3.63) is 145 Å². The van der Waals surface area contributed by atoms with Gasteiger partial charge >= 0.3 is 0 Å². The Labute approximate surface area is 336 Å². The molecule has 0 aromatic carbocycles. The zero-order valence-corrected chi connectivity index (χ0v) is 32.9. The molecule has 0 atom stereocenters. The summed E-state index contributed by atoms with van der Waals surface area (Å²) in [5.74, 6) is -0.0182. The number of hydrogen-bond donors (Lipinski definition) is 3. The third kappa shape index (κ3) is 17.4. The van der Waals surface area contributed by atoms with Crippen LogP contribution in [0.3, 0.4) is 0 Å². The number of carbonyl (C=O) groups excluding carboxylic acids is 2. The fraction of sp³-hybridized carbons (Fsp3) is 0.256. The van der Waals surface area contributed by atoms with Crippen LogP contribution in [0, 0.1) is 6.92 Å². The predicted molar refractivity (Wildman–Crippen MR) is 214 cm³/mol. The molecule has 6 rings (SSSR count). The van der Waals surface area contributed by atoms with Gasteiger partial charge in [-0.2, -0.15) is 0 Å². The zero-order chi connectivity index (χ0) is 38.1. The third-order valence-corrected chi connectivity index (χ3v) is 7.91. The van der Waals surface area contributed by atoms with Crippen molar-refractivity contribution in [2.75, 3.05) is 19.6 Å². The van der Waals surface area contributed by atoms with Gasteiger partial charge in [0.05, 0.1) is 34.2 Å². The van der Waals surface area contributed by atoms with Gasteiger partial charge in [0.25, 0.3) is 0 Å². The van der Waals surface area contributed by atoms with Gasteiger partial charge in [0, 0.05) is 82.6 Å². The van der Waals surface area contributed by atoms with Crippen molar-refractivity contribution in [3.8, 4) is 34.2 Å². The molecule has 0 bridgehead atoms. The Hall–Kier alpha value is -5.58. The van der Waals surface area contributed by atoms with Crippen molar-refractivity contribution >= 4 is 11.8 Å². The molecule has 0 aliphatic carbocycles. The monoisotopic (exact) mass is 825 g/mol. The molecular formula is C43H49N9O2Ru. The van der Waals surface area contributed by atoms with Crippen molar-refractivity contribution in [1.82, 2.24) is 40.5 Å². The number of hydrogen-bond acceptors (Lipinski definition) is 9. The van der Waals surface area contributed by atoms with Gasteiger partial charge in [-0.15, -0.1) is 0 Å². The van der Waals surface area contributed by atoms with Crippen LogP contribution < -0.4 is 16.4 Å². The molecule has 2 amide bonds. The molecule has 6 aromatic heterocycles. The maximum Gasteiger partial charge on any atom is 0.220 e. The normalized spacial score (nSPS) is 10.0. The molecule has 0 radical (unpaired) electrons. The van der Waals surface area contributed by atoms with Crippen molar-refractivity contribution in [3.63, 3.8) is 0 Å². The van der Waals surface area contributed by atoms with Crippen LogP contribution in [0.4, 0.5) is 0 Å². The number of pyridine rings is 6. The predicted octanol–water partition coefficient (Wildman–Crippen LogP) is 6.81. The topological polar surface area (TPSA) is 162 Å². The number of aryl methyl sites for hydroxylation is 2. The van der Waals surface area contributed by atoms with E-state index in [-0.39, 0.29) is 31.3 Å². The molecule has 0 unspecified atom stereocenters. The van der Waals surface area contributed by atoms with E-state index in [0.29, 0.717) is 38.9 Å². The molecule has 0 spiro atoms. The fourth-order valence-corrected chi connectivity index (χ4v) is 5.10. The molecule has 11 nitrogen and oxygen atoms in total. The number of unbranched alkanes of at least 4 members (excludes halogenated alkanes) is 1. The van der Waals surface area contributed by atoms with Crippen LogP contribution in [0.1, 0.15) is 49.7 Å². The number of rotatable bonds is 15. The molecule has 0 saturated carbocycles. The molecule has 4 N–H and O–H groups in total. The van der Waals surface area contributed by atoms with E-state index in [4.69, 9.17) is 5.73 Å². The summed E-state index contributed by atoms with van der Waals surface area (Å²) in [5.41, 5.74) is 13.2. The van der Waals surface area contributed by atoms with Crippen LogP contribution in [0.5, 0.6) is 0 Å². The maximum atomic E-state index is 11.9. The van der Waals surface area contributed by atoms with Gasteiger partial charge in [-0.1, -0.05) is 24.3 Å². The largest absolute Gasteiger partial charge is 0.356 e. The zero-order valence-electron chi connectivity index (χ0n) is 31.2. The molecule has 286 valence electrons. The fourth-order valence-electron chi connectivity index (χ4n) is 5.10. The molecule has 55 heavy (non-hydrogen) atoms. The Balaban J connectivity index is 0.000000263. The number of carbonyl (C=O) groups is 2. The standard InChI is InChI=1S/C23H33N5O2.2C10H8N2.Ru/c1-18-9-14-25-20(16-18)21-17-19(10-15-26-21)6-2-3-12-27-22(29)7-4-8-23(30)28-13-5-11-24;2*1-3-7-11-9(5-1)10-6-2-4-8-12-10;/h9-10,14-17H,2-8,11-13,24H2,1H3,(H,27,29)(H,28,30);2*1-8H;. The van der Waals surface area contributed by atoms with Crippen LogP contribution in [0.2, 0.25) is 0 Å². The summed E-state index contributed by atoms with van der Waals surface area (Å²) >= 11 is 0. The Morgan fingerprint density at radius 1 is 0.509 bits per heavy atom. The molecular weight excluding hydrogens is 776 g/mol. The van der Waals surface area contributed by atoms with E-state index in [0.717, 1.165) is 65.4 Å². The van der Waals surface area contributed by atoms with Crippen molar-refractivity contribution in [2.45, 2.75) is 51.9 Å². The average Bonchev–Trinajstić information content (AvgIpc) is 3.23. The van der Waals surface area contributed by atoms with Gasteiger partial charge in [0.1, 0.15) is 0 Å². The number of nitrogens with zero attached hydrogens (tertiary/aromatic N) is 6. The van der Waals surface area contributed by atoms with Crippen LogP contribution in [-0.2, 0) is 35.5 Å². The van der Waals surface area contributed by atoms with Gasteiger partial charge in [-0.05, 0) is 129 Å². The molecule has 0 saturated heterocycles. The van der Waals surface area contributed by atoms with Crippen molar-refractivity contribution in [1.29, 1.82) is 0 Å². The SMILES string of the molecule is Cc1ccnc(-c2cc(CCCCNC(=O)CCCC(=O)NCCCN)ccn2)c1.[Ru].c1ccc(-c2ccccn2)nc1.c1ccc(-c2ccccn2)nc1. The molecule has 0 aliphatic rings. The second-order valence-electron chi connectivity index (χ2n) is 12.3. The Morgan fingerprint density at radius 2 is 0.945 bits per heavy atom. The van der Waals surface area contributed by atoms with E-state index < -0.39 is 0 Å². The van der Waals surface area contributed by atoms with Crippen molar-refractivity contribution in [2.24, 2.45) is 5.73 Å². The Morgan fingerprint density at radius 3 is 1.38 bits per heavy atom. The van der Waals surface area contributed by atoms with E-state index in [9.17, 15) is 9.59 Å². The number of nitrogens with two attached hydrogens (primary N) is 1. The second kappa shape index (κ2) is 26.2. The van der Waals surface area contributed by atoms with E-state index >= 15 is 0 Å². The van der Waals surface area contributed by atoms with Crippen LogP contribution in [0.15, 0.2) is 134 Å². The summed E-state index contributed by atoms with van der Waals surface area (Å²) in [7, 11) is 0. The van der Waals surface area contributed by atoms with Gasteiger partial charge in [-0.3, -0.25) is 39.5 Å². The molecule has 12 heteroatoms. The minimum atomic E-state index is -0.0196. The Bertz CT molecular complexity index is 1790. The summed E-state index contributed by atoms with van der Waals surface area (Å²) in [4.78, 5) is 49.0. The minimum absolute atomic E-state index is 0. The first-order valence-electron chi connectivity index (χ1n) is 18.3. The smallest absolute Gasteiger partial charge is 0.220 e. The van der Waals surface area contributed by atoms with E-state index in [1.807, 2.05) is 104 Å². The van der Waals surface area contributed by atoms with Crippen LogP contribution in [-0.4, -0.2) is 61.4 Å². The summed E-state index contributed by atoms with van der Waals surface area (Å²) < 4.78 is 0. The van der Waals surface area contributed by atoms with E-state index in [1.54, 1.807) is 31.0 Å². The summed E-state index contributed by atoms with van der Waals surface area (Å²) in [5, 5.41) is 5.72. The summed E-state index contributed by atoms with van der Waals surface area (Å²) in [6.45, 7) is 3.86. The third-order valence-electron chi connectivity index (χ3n) is 7.91. The van der Waals surface area contributed by atoms with Crippen LogP contribution >= 0.6 is 0 Å². The number of nitrogens with one attached hydrogen (secondary N) is 2. The van der Waals surface area contributed by atoms with Gasteiger partial charge in [0.15, 0.2) is 0 Å². The van der Waals surface area contributed by atoms with Crippen molar-refractivity contribution < 1.29 is 29.1 Å². The first-order chi connectivity index (χ1) is 26.5. The summed E-state index contributed by atoms with van der Waals surface area (Å²) in [6, 6.07) is 31.3. The van der Waals surface area contributed by atoms with E-state index in [1.165, 1.54) is 5.56 Å². The second-order valence-corrected chi connectivity index (χ2v) is 12.3. The maximum absolute atomic E-state index is 11.9. The van der Waals surface area contributed by atoms with E-state index in [2.05, 4.69) is 46.6 Å².